The Balaban J connectivity index is 0.000000271. The lowest BCUT2D eigenvalue weighted by atomic mass is 9.62. The van der Waals surface area contributed by atoms with E-state index in [-0.39, 0.29) is 16.7 Å². The molecule has 52 heavy (non-hydrogen) atoms. The molecule has 1 aromatic rings. The number of carbonyl (C=O) groups excluding carboxylic acids is 2. The van der Waals surface area contributed by atoms with Crippen LogP contribution in [0.3, 0.4) is 0 Å². The maximum absolute atomic E-state index is 12.1. The fourth-order valence-electron chi connectivity index (χ4n) is 10.4. The molecule has 3 fully saturated rings. The minimum Gasteiger partial charge on any atom is -0.356 e. The monoisotopic (exact) mass is 725 g/mol. The highest BCUT2D eigenvalue weighted by Gasteiger charge is 2.44. The molecule has 3 aliphatic heterocycles. The number of hydrogen-bond acceptors (Lipinski definition) is 4. The molecule has 4 heterocycles. The number of aromatic nitrogens is 1. The van der Waals surface area contributed by atoms with E-state index in [9.17, 15) is 9.59 Å². The van der Waals surface area contributed by atoms with Gasteiger partial charge in [-0.15, -0.1) is 0 Å². The van der Waals surface area contributed by atoms with E-state index in [0.29, 0.717) is 46.3 Å². The number of carbonyl (C=O) groups is 2. The summed E-state index contributed by atoms with van der Waals surface area (Å²) in [6, 6.07) is 4.33. The van der Waals surface area contributed by atoms with Crippen LogP contribution in [-0.4, -0.2) is 65.9 Å². The van der Waals surface area contributed by atoms with Gasteiger partial charge in [0.05, 0.1) is 0 Å². The van der Waals surface area contributed by atoms with Crippen LogP contribution in [0.2, 0.25) is 0 Å². The average Bonchev–Trinajstić information content (AvgIpc) is 3.01. The van der Waals surface area contributed by atoms with Gasteiger partial charge in [-0.2, -0.15) is 0 Å². The van der Waals surface area contributed by atoms with Crippen LogP contribution < -0.4 is 4.90 Å². The molecule has 6 heteroatoms. The number of aryl methyl sites for hydroxylation is 1. The molecular weight excluding hydrogens is 641 g/mol. The summed E-state index contributed by atoms with van der Waals surface area (Å²) < 4.78 is 0. The van der Waals surface area contributed by atoms with Crippen LogP contribution in [0.4, 0.5) is 5.82 Å². The maximum Gasteiger partial charge on any atom is 0.225 e. The SMILES string of the molecule is CC(C)C(=O)N1CCC(C(C)(C)C)C(C)(C)C1.CCC(=O)N1CCC(C(C)(C)C)C(C)(C)C1.CCC1CN(c2ccc(C)cn2)CCC1C(C)(C)C. The van der Waals surface area contributed by atoms with Crippen molar-refractivity contribution in [3.63, 3.8) is 0 Å². The largest absolute Gasteiger partial charge is 0.356 e. The van der Waals surface area contributed by atoms with Crippen LogP contribution in [0.5, 0.6) is 0 Å². The summed E-state index contributed by atoms with van der Waals surface area (Å²) in [7, 11) is 0. The second-order valence-electron chi connectivity index (χ2n) is 21.5. The highest BCUT2D eigenvalue weighted by atomic mass is 16.2. The van der Waals surface area contributed by atoms with E-state index >= 15 is 0 Å². The second-order valence-corrected chi connectivity index (χ2v) is 21.5. The fraction of sp³-hybridized carbons (Fsp3) is 0.848. The Morgan fingerprint density at radius 3 is 1.65 bits per heavy atom. The van der Waals surface area contributed by atoms with E-state index in [4.69, 9.17) is 0 Å². The van der Waals surface area contributed by atoms with Gasteiger partial charge in [-0.3, -0.25) is 9.59 Å². The Morgan fingerprint density at radius 2 is 1.27 bits per heavy atom. The van der Waals surface area contributed by atoms with Crippen molar-refractivity contribution in [2.24, 2.45) is 56.7 Å². The number of pyridine rings is 1. The molecule has 1 aromatic heterocycles. The van der Waals surface area contributed by atoms with Crippen molar-refractivity contribution < 1.29 is 9.59 Å². The molecule has 4 atom stereocenters. The molecule has 0 spiro atoms. The molecular formula is C46H84N4O2. The van der Waals surface area contributed by atoms with Crippen LogP contribution in [0.25, 0.3) is 0 Å². The lowest BCUT2D eigenvalue weighted by molar-refractivity contribution is -0.140. The molecule has 4 rings (SSSR count). The zero-order valence-corrected chi connectivity index (χ0v) is 37.5. The molecule has 3 saturated heterocycles. The predicted molar refractivity (Wildman–Crippen MR) is 224 cm³/mol. The Kier molecular flexibility index (Phi) is 16.0. The smallest absolute Gasteiger partial charge is 0.225 e. The van der Waals surface area contributed by atoms with Crippen LogP contribution >= 0.6 is 0 Å². The van der Waals surface area contributed by atoms with E-state index in [0.717, 1.165) is 69.8 Å². The number of rotatable bonds is 4. The van der Waals surface area contributed by atoms with Crippen molar-refractivity contribution in [3.8, 4) is 0 Å². The molecule has 0 aliphatic carbocycles. The number of piperidine rings is 3. The van der Waals surface area contributed by atoms with Crippen molar-refractivity contribution in [1.82, 2.24) is 14.8 Å². The fourth-order valence-corrected chi connectivity index (χ4v) is 10.4. The van der Waals surface area contributed by atoms with Gasteiger partial charge in [0.1, 0.15) is 5.82 Å². The van der Waals surface area contributed by atoms with Crippen LogP contribution in [0.15, 0.2) is 18.3 Å². The Bertz CT molecular complexity index is 1260. The molecule has 0 saturated carbocycles. The second kappa shape index (κ2) is 18.0. The van der Waals surface area contributed by atoms with E-state index in [2.05, 4.69) is 131 Å². The molecule has 0 radical (unpaired) electrons. The molecule has 3 aliphatic rings. The lowest BCUT2D eigenvalue weighted by Gasteiger charge is -2.50. The number of likely N-dealkylation sites (tertiary alicyclic amines) is 2. The van der Waals surface area contributed by atoms with Crippen molar-refractivity contribution >= 4 is 17.6 Å². The first-order chi connectivity index (χ1) is 23.7. The topological polar surface area (TPSA) is 56.8 Å². The van der Waals surface area contributed by atoms with E-state index < -0.39 is 0 Å². The van der Waals surface area contributed by atoms with Crippen molar-refractivity contribution in [3.05, 3.63) is 23.9 Å². The maximum atomic E-state index is 12.1. The van der Waals surface area contributed by atoms with E-state index in [1.54, 1.807) is 0 Å². The Morgan fingerprint density at radius 1 is 0.769 bits per heavy atom. The van der Waals surface area contributed by atoms with Gasteiger partial charge in [0.15, 0.2) is 0 Å². The number of anilines is 1. The Labute approximate surface area is 322 Å². The third kappa shape index (κ3) is 12.7. The van der Waals surface area contributed by atoms with Crippen LogP contribution in [0, 0.1) is 63.6 Å². The van der Waals surface area contributed by atoms with Crippen molar-refractivity contribution in [1.29, 1.82) is 0 Å². The molecule has 4 unspecified atom stereocenters. The number of hydrogen-bond donors (Lipinski definition) is 0. The van der Waals surface area contributed by atoms with Gasteiger partial charge in [-0.1, -0.05) is 130 Å². The van der Waals surface area contributed by atoms with Gasteiger partial charge in [-0.25, -0.2) is 4.98 Å². The van der Waals surface area contributed by atoms with Gasteiger partial charge in [0, 0.05) is 57.8 Å². The minimum atomic E-state index is 0.122. The number of nitrogens with zero attached hydrogens (tertiary/aromatic N) is 4. The third-order valence-electron chi connectivity index (χ3n) is 12.6. The minimum absolute atomic E-state index is 0.122. The molecule has 2 amide bonds. The summed E-state index contributed by atoms with van der Waals surface area (Å²) in [6.45, 7) is 46.7. The summed E-state index contributed by atoms with van der Waals surface area (Å²) in [4.78, 5) is 35.0. The molecule has 6 nitrogen and oxygen atoms in total. The quantitative estimate of drug-likeness (QED) is 0.310. The summed E-state index contributed by atoms with van der Waals surface area (Å²) in [5.41, 5.74) is 2.79. The molecule has 0 N–H and O–H groups in total. The normalized spacial score (nSPS) is 25.1. The first kappa shape index (κ1) is 46.0. The summed E-state index contributed by atoms with van der Waals surface area (Å²) in [5.74, 6) is 4.89. The summed E-state index contributed by atoms with van der Waals surface area (Å²) in [5, 5.41) is 0. The zero-order valence-electron chi connectivity index (χ0n) is 37.5. The van der Waals surface area contributed by atoms with Gasteiger partial charge in [-0.05, 0) is 88.6 Å². The van der Waals surface area contributed by atoms with Crippen LogP contribution in [0.1, 0.15) is 155 Å². The summed E-state index contributed by atoms with van der Waals surface area (Å²) >= 11 is 0. The zero-order chi connectivity index (χ0) is 40.0. The van der Waals surface area contributed by atoms with Gasteiger partial charge in [0.25, 0.3) is 0 Å². The Hall–Kier alpha value is -2.11. The summed E-state index contributed by atoms with van der Waals surface area (Å²) in [6.07, 6.45) is 7.45. The lowest BCUT2D eigenvalue weighted by Crippen LogP contribution is -2.52. The van der Waals surface area contributed by atoms with Crippen molar-refractivity contribution in [2.75, 3.05) is 44.2 Å². The van der Waals surface area contributed by atoms with Gasteiger partial charge in [0.2, 0.25) is 11.8 Å². The van der Waals surface area contributed by atoms with E-state index in [1.165, 1.54) is 18.4 Å². The highest BCUT2D eigenvalue weighted by Crippen LogP contribution is 2.47. The molecule has 0 aromatic carbocycles. The predicted octanol–water partition coefficient (Wildman–Crippen LogP) is 11.2. The van der Waals surface area contributed by atoms with Crippen molar-refractivity contribution in [2.45, 2.75) is 157 Å². The van der Waals surface area contributed by atoms with Crippen LogP contribution in [-0.2, 0) is 9.59 Å². The van der Waals surface area contributed by atoms with Gasteiger partial charge >= 0.3 is 0 Å². The standard InChI is InChI=1S/C17H28N2.C15H29NO.C14H27NO/c1-6-14-12-19(10-9-15(14)17(3,4)5)16-8-7-13(2)11-18-16;1-11(2)13(17)16-9-8-12(14(3,4)5)15(6,7)10-16;1-7-12(16)15-9-8-11(13(2,3)4)14(5,6)10-15/h7-8,11,14-15H,6,9-10,12H2,1-5H3;11-12H,8-10H2,1-7H3;11H,7-10H2,1-6H3. The highest BCUT2D eigenvalue weighted by molar-refractivity contribution is 5.78. The first-order valence-electron chi connectivity index (χ1n) is 20.9. The van der Waals surface area contributed by atoms with E-state index in [1.807, 2.05) is 31.9 Å². The third-order valence-corrected chi connectivity index (χ3v) is 12.6. The number of amides is 2. The molecule has 300 valence electrons. The first-order valence-corrected chi connectivity index (χ1v) is 20.9. The molecule has 0 bridgehead atoms. The average molecular weight is 725 g/mol. The van der Waals surface area contributed by atoms with Gasteiger partial charge < -0.3 is 14.7 Å².